The summed E-state index contributed by atoms with van der Waals surface area (Å²) in [6.07, 6.45) is 0. The molecular formula is C7H9BFN. The Labute approximate surface area is 60.5 Å². The van der Waals surface area contributed by atoms with Gasteiger partial charge < -0.3 is 5.73 Å². The summed E-state index contributed by atoms with van der Waals surface area (Å²) in [4.78, 5) is 0. The molecule has 1 aromatic rings. The van der Waals surface area contributed by atoms with Gasteiger partial charge in [-0.2, -0.15) is 0 Å². The van der Waals surface area contributed by atoms with Crippen molar-refractivity contribution in [2.24, 2.45) is 5.73 Å². The molecule has 52 valence electrons. The molecule has 0 spiro atoms. The van der Waals surface area contributed by atoms with E-state index in [1.807, 2.05) is 6.07 Å². The number of hydrogen-bond acceptors (Lipinski definition) is 1. The van der Waals surface area contributed by atoms with Crippen LogP contribution >= 0.6 is 0 Å². The maximum atomic E-state index is 12.7. The largest absolute Gasteiger partial charge is 0.326 e. The Hall–Kier alpha value is -0.825. The van der Waals surface area contributed by atoms with Gasteiger partial charge in [0.25, 0.3) is 0 Å². The zero-order valence-corrected chi connectivity index (χ0v) is 5.89. The van der Waals surface area contributed by atoms with Crippen LogP contribution in [0.1, 0.15) is 5.56 Å². The van der Waals surface area contributed by atoms with Gasteiger partial charge in [0.05, 0.1) is 0 Å². The van der Waals surface area contributed by atoms with Gasteiger partial charge in [-0.15, -0.1) is 0 Å². The van der Waals surface area contributed by atoms with Crippen molar-refractivity contribution in [3.8, 4) is 0 Å². The maximum absolute atomic E-state index is 12.7. The number of benzene rings is 1. The summed E-state index contributed by atoms with van der Waals surface area (Å²) in [6, 6.07) is 5.03. The van der Waals surface area contributed by atoms with Gasteiger partial charge in [-0.25, -0.2) is 4.39 Å². The molecule has 0 radical (unpaired) electrons. The molecule has 0 aromatic heterocycles. The quantitative estimate of drug-likeness (QED) is 0.521. The Kier molecular flexibility index (Phi) is 2.07. The lowest BCUT2D eigenvalue weighted by atomic mass is 9.94. The molecule has 0 amide bonds. The van der Waals surface area contributed by atoms with E-state index in [4.69, 9.17) is 5.73 Å². The van der Waals surface area contributed by atoms with Crippen LogP contribution < -0.4 is 11.2 Å². The second-order valence-corrected chi connectivity index (χ2v) is 2.29. The molecule has 0 fully saturated rings. The van der Waals surface area contributed by atoms with Gasteiger partial charge in [-0.3, -0.25) is 0 Å². The third kappa shape index (κ3) is 1.36. The van der Waals surface area contributed by atoms with Gasteiger partial charge in [0, 0.05) is 6.54 Å². The third-order valence-electron chi connectivity index (χ3n) is 1.47. The highest BCUT2D eigenvalue weighted by molar-refractivity contribution is 6.32. The normalized spacial score (nSPS) is 9.80. The Morgan fingerprint density at radius 2 is 2.20 bits per heavy atom. The van der Waals surface area contributed by atoms with Crippen molar-refractivity contribution in [3.63, 3.8) is 0 Å². The highest BCUT2D eigenvalue weighted by Crippen LogP contribution is 1.98. The Morgan fingerprint density at radius 1 is 1.50 bits per heavy atom. The third-order valence-corrected chi connectivity index (χ3v) is 1.47. The molecule has 1 nitrogen and oxygen atoms in total. The van der Waals surface area contributed by atoms with Crippen LogP contribution in [0.2, 0.25) is 0 Å². The van der Waals surface area contributed by atoms with Gasteiger partial charge in [-0.05, 0) is 11.6 Å². The Morgan fingerprint density at radius 3 is 2.70 bits per heavy atom. The van der Waals surface area contributed by atoms with Gasteiger partial charge in [0.1, 0.15) is 13.7 Å². The lowest BCUT2D eigenvalue weighted by Gasteiger charge is -1.98. The average Bonchev–Trinajstić information content (AvgIpc) is 1.95. The molecule has 0 aliphatic heterocycles. The van der Waals surface area contributed by atoms with Gasteiger partial charge >= 0.3 is 0 Å². The first kappa shape index (κ1) is 7.28. The standard InChI is InChI=1S/C7H9BFN/c8-6-2-1-5(4-10)3-7(6)9/h1-3H,4,8,10H2. The summed E-state index contributed by atoms with van der Waals surface area (Å²) < 4.78 is 12.7. The monoisotopic (exact) mass is 137 g/mol. The van der Waals surface area contributed by atoms with Crippen molar-refractivity contribution in [2.75, 3.05) is 0 Å². The fraction of sp³-hybridized carbons (Fsp3) is 0.143. The fourth-order valence-corrected chi connectivity index (χ4v) is 0.763. The van der Waals surface area contributed by atoms with E-state index >= 15 is 0 Å². The molecule has 10 heavy (non-hydrogen) atoms. The second kappa shape index (κ2) is 2.84. The van der Waals surface area contributed by atoms with Gasteiger partial charge in [0.15, 0.2) is 0 Å². The minimum Gasteiger partial charge on any atom is -0.326 e. The summed E-state index contributed by atoms with van der Waals surface area (Å²) in [5.41, 5.74) is 6.80. The summed E-state index contributed by atoms with van der Waals surface area (Å²) in [5.74, 6) is -0.178. The average molecular weight is 137 g/mol. The van der Waals surface area contributed by atoms with Crippen LogP contribution in [0.5, 0.6) is 0 Å². The van der Waals surface area contributed by atoms with Crippen LogP contribution in [0.3, 0.4) is 0 Å². The molecule has 0 aliphatic carbocycles. The highest BCUT2D eigenvalue weighted by Gasteiger charge is 1.95. The fourth-order valence-electron chi connectivity index (χ4n) is 0.763. The first-order valence-electron chi connectivity index (χ1n) is 3.19. The van der Waals surface area contributed by atoms with E-state index in [2.05, 4.69) is 0 Å². The Balaban J connectivity index is 3.04. The predicted molar refractivity (Wildman–Crippen MR) is 42.5 cm³/mol. The first-order valence-corrected chi connectivity index (χ1v) is 3.19. The van der Waals surface area contributed by atoms with Crippen LogP contribution in [-0.2, 0) is 6.54 Å². The number of halogens is 1. The van der Waals surface area contributed by atoms with Crippen LogP contribution in [0.25, 0.3) is 0 Å². The van der Waals surface area contributed by atoms with Crippen LogP contribution in [0.15, 0.2) is 18.2 Å². The van der Waals surface area contributed by atoms with Crippen molar-refractivity contribution >= 4 is 13.3 Å². The molecule has 1 aromatic carbocycles. The molecule has 0 bridgehead atoms. The summed E-state index contributed by atoms with van der Waals surface area (Å²) >= 11 is 0. The van der Waals surface area contributed by atoms with E-state index in [1.165, 1.54) is 6.07 Å². The van der Waals surface area contributed by atoms with E-state index in [9.17, 15) is 4.39 Å². The topological polar surface area (TPSA) is 26.0 Å². The number of hydrogen-bond donors (Lipinski definition) is 1. The van der Waals surface area contributed by atoms with E-state index in [1.54, 1.807) is 13.9 Å². The zero-order valence-electron chi connectivity index (χ0n) is 5.89. The highest BCUT2D eigenvalue weighted by atomic mass is 19.1. The van der Waals surface area contributed by atoms with E-state index < -0.39 is 0 Å². The number of nitrogens with two attached hydrogens (primary N) is 1. The molecule has 0 atom stereocenters. The summed E-state index contributed by atoms with van der Waals surface area (Å²) in [7, 11) is 1.73. The van der Waals surface area contributed by atoms with Crippen LogP contribution in [0, 0.1) is 5.82 Å². The molecule has 0 heterocycles. The second-order valence-electron chi connectivity index (χ2n) is 2.29. The van der Waals surface area contributed by atoms with E-state index in [0.717, 1.165) is 5.56 Å². The minimum absolute atomic E-state index is 0.178. The molecule has 0 unspecified atom stereocenters. The van der Waals surface area contributed by atoms with Crippen molar-refractivity contribution in [1.82, 2.24) is 0 Å². The van der Waals surface area contributed by atoms with E-state index in [0.29, 0.717) is 12.0 Å². The maximum Gasteiger partial charge on any atom is 0.143 e. The van der Waals surface area contributed by atoms with Crippen molar-refractivity contribution < 1.29 is 4.39 Å². The van der Waals surface area contributed by atoms with Crippen molar-refractivity contribution in [3.05, 3.63) is 29.6 Å². The van der Waals surface area contributed by atoms with Crippen LogP contribution in [-0.4, -0.2) is 7.85 Å². The molecule has 1 rings (SSSR count). The molecule has 0 aliphatic rings. The van der Waals surface area contributed by atoms with Crippen LogP contribution in [0.4, 0.5) is 4.39 Å². The predicted octanol–water partition coefficient (Wildman–Crippen LogP) is -0.457. The number of rotatable bonds is 1. The summed E-state index contributed by atoms with van der Waals surface area (Å²) in [6.45, 7) is 0.400. The SMILES string of the molecule is Bc1ccc(CN)cc1F. The zero-order chi connectivity index (χ0) is 7.56. The van der Waals surface area contributed by atoms with Crippen molar-refractivity contribution in [1.29, 1.82) is 0 Å². The van der Waals surface area contributed by atoms with Gasteiger partial charge in [-0.1, -0.05) is 17.6 Å². The smallest absolute Gasteiger partial charge is 0.143 e. The van der Waals surface area contributed by atoms with Gasteiger partial charge in [0.2, 0.25) is 0 Å². The molecule has 3 heteroatoms. The Bertz CT molecular complexity index is 237. The van der Waals surface area contributed by atoms with E-state index in [-0.39, 0.29) is 5.82 Å². The molecular weight excluding hydrogens is 128 g/mol. The molecule has 2 N–H and O–H groups in total. The first-order chi connectivity index (χ1) is 4.74. The lowest BCUT2D eigenvalue weighted by Crippen LogP contribution is -2.09. The summed E-state index contributed by atoms with van der Waals surface area (Å²) in [5, 5.41) is 0. The minimum atomic E-state index is -0.178. The lowest BCUT2D eigenvalue weighted by molar-refractivity contribution is 0.634. The van der Waals surface area contributed by atoms with Crippen molar-refractivity contribution in [2.45, 2.75) is 6.54 Å². The molecule has 0 saturated heterocycles. The molecule has 0 saturated carbocycles.